The second kappa shape index (κ2) is 6.12. The quantitative estimate of drug-likeness (QED) is 0.819. The lowest BCUT2D eigenvalue weighted by Crippen LogP contribution is -2.33. The maximum Gasteiger partial charge on any atom is 0.249 e. The third-order valence-corrected chi connectivity index (χ3v) is 2.32. The Kier molecular flexibility index (Phi) is 4.79. The van der Waals surface area contributed by atoms with Gasteiger partial charge < -0.3 is 14.8 Å². The van der Waals surface area contributed by atoms with Gasteiger partial charge in [-0.25, -0.2) is 0 Å². The monoisotopic (exact) mass is 223 g/mol. The van der Waals surface area contributed by atoms with Gasteiger partial charge in [-0.15, -0.1) is 0 Å². The Bertz CT molecular complexity index is 352. The first-order valence-corrected chi connectivity index (χ1v) is 5.10. The second-order valence-corrected chi connectivity index (χ2v) is 3.45. The molecule has 1 amide bonds. The predicted molar refractivity (Wildman–Crippen MR) is 61.3 cm³/mol. The summed E-state index contributed by atoms with van der Waals surface area (Å²) in [7, 11) is 3.13. The Hall–Kier alpha value is -1.55. The molecule has 0 aliphatic heterocycles. The van der Waals surface area contributed by atoms with E-state index in [1.165, 1.54) is 7.11 Å². The van der Waals surface area contributed by atoms with Crippen molar-refractivity contribution >= 4 is 5.91 Å². The van der Waals surface area contributed by atoms with Crippen LogP contribution in [-0.4, -0.2) is 26.2 Å². The summed E-state index contributed by atoms with van der Waals surface area (Å²) in [5.41, 5.74) is 0.996. The lowest BCUT2D eigenvalue weighted by Gasteiger charge is -2.10. The third kappa shape index (κ3) is 3.55. The number of methoxy groups -OCH3 is 2. The molecule has 1 aromatic carbocycles. The van der Waals surface area contributed by atoms with Crippen LogP contribution in [0.1, 0.15) is 12.5 Å². The van der Waals surface area contributed by atoms with Gasteiger partial charge in [-0.1, -0.05) is 12.1 Å². The average Bonchev–Trinajstić information content (AvgIpc) is 2.35. The topological polar surface area (TPSA) is 47.6 Å². The van der Waals surface area contributed by atoms with Crippen molar-refractivity contribution in [2.75, 3.05) is 14.2 Å². The Labute approximate surface area is 95.6 Å². The third-order valence-electron chi connectivity index (χ3n) is 2.32. The maximum atomic E-state index is 11.4. The summed E-state index contributed by atoms with van der Waals surface area (Å²) in [6.45, 7) is 2.19. The molecular formula is C12H17NO3. The number of benzene rings is 1. The summed E-state index contributed by atoms with van der Waals surface area (Å²) in [6, 6.07) is 7.57. The van der Waals surface area contributed by atoms with Crippen molar-refractivity contribution in [3.63, 3.8) is 0 Å². The molecular weight excluding hydrogens is 206 g/mol. The van der Waals surface area contributed by atoms with Crippen molar-refractivity contribution in [3.05, 3.63) is 29.8 Å². The molecule has 88 valence electrons. The van der Waals surface area contributed by atoms with Gasteiger partial charge in [-0.05, 0) is 24.6 Å². The van der Waals surface area contributed by atoms with Crippen LogP contribution in [0, 0.1) is 0 Å². The Morgan fingerprint density at radius 3 is 2.81 bits per heavy atom. The number of nitrogens with one attached hydrogen (secondary N) is 1. The van der Waals surface area contributed by atoms with Gasteiger partial charge in [-0.3, -0.25) is 4.79 Å². The van der Waals surface area contributed by atoms with E-state index in [4.69, 9.17) is 9.47 Å². The molecule has 4 heteroatoms. The van der Waals surface area contributed by atoms with Crippen molar-refractivity contribution in [1.29, 1.82) is 0 Å². The van der Waals surface area contributed by atoms with E-state index < -0.39 is 6.10 Å². The SMILES string of the molecule is COc1cccc(CNC(=O)C(C)OC)c1. The molecule has 0 saturated heterocycles. The molecule has 0 aromatic heterocycles. The fourth-order valence-corrected chi connectivity index (χ4v) is 1.22. The van der Waals surface area contributed by atoms with Gasteiger partial charge in [0.15, 0.2) is 0 Å². The summed E-state index contributed by atoms with van der Waals surface area (Å²) >= 11 is 0. The van der Waals surface area contributed by atoms with Crippen LogP contribution in [0.3, 0.4) is 0 Å². The van der Waals surface area contributed by atoms with Gasteiger partial charge in [0.05, 0.1) is 7.11 Å². The zero-order chi connectivity index (χ0) is 12.0. The highest BCUT2D eigenvalue weighted by molar-refractivity contribution is 5.80. The highest BCUT2D eigenvalue weighted by atomic mass is 16.5. The molecule has 0 radical (unpaired) electrons. The number of hydrogen-bond acceptors (Lipinski definition) is 3. The van der Waals surface area contributed by atoms with Gasteiger partial charge in [0.25, 0.3) is 0 Å². The molecule has 1 unspecified atom stereocenters. The van der Waals surface area contributed by atoms with E-state index in [-0.39, 0.29) is 5.91 Å². The minimum absolute atomic E-state index is 0.120. The molecule has 16 heavy (non-hydrogen) atoms. The Morgan fingerprint density at radius 1 is 1.44 bits per heavy atom. The van der Waals surface area contributed by atoms with Crippen LogP contribution in [0.4, 0.5) is 0 Å². The largest absolute Gasteiger partial charge is 0.497 e. The minimum atomic E-state index is -0.425. The van der Waals surface area contributed by atoms with Crippen LogP contribution < -0.4 is 10.1 Å². The molecule has 0 aliphatic rings. The van der Waals surface area contributed by atoms with Crippen molar-refractivity contribution in [2.24, 2.45) is 0 Å². The average molecular weight is 223 g/mol. The molecule has 0 spiro atoms. The number of carbonyl (C=O) groups is 1. The molecule has 1 N–H and O–H groups in total. The number of hydrogen-bond donors (Lipinski definition) is 1. The molecule has 0 heterocycles. The van der Waals surface area contributed by atoms with E-state index in [1.54, 1.807) is 14.0 Å². The fourth-order valence-electron chi connectivity index (χ4n) is 1.22. The van der Waals surface area contributed by atoms with Gasteiger partial charge in [-0.2, -0.15) is 0 Å². The summed E-state index contributed by atoms with van der Waals surface area (Å²) in [5, 5.41) is 2.78. The van der Waals surface area contributed by atoms with Crippen molar-refractivity contribution < 1.29 is 14.3 Å². The van der Waals surface area contributed by atoms with Gasteiger partial charge in [0.2, 0.25) is 5.91 Å². The number of ether oxygens (including phenoxy) is 2. The number of rotatable bonds is 5. The summed E-state index contributed by atoms with van der Waals surface area (Å²) in [4.78, 5) is 11.4. The van der Waals surface area contributed by atoms with Crippen LogP contribution in [0.2, 0.25) is 0 Å². The smallest absolute Gasteiger partial charge is 0.249 e. The standard InChI is InChI=1S/C12H17NO3/c1-9(15-2)12(14)13-8-10-5-4-6-11(7-10)16-3/h4-7,9H,8H2,1-3H3,(H,13,14). The van der Waals surface area contributed by atoms with Gasteiger partial charge in [0, 0.05) is 13.7 Å². The van der Waals surface area contributed by atoms with Crippen molar-refractivity contribution in [2.45, 2.75) is 19.6 Å². The zero-order valence-corrected chi connectivity index (χ0v) is 9.82. The van der Waals surface area contributed by atoms with Crippen molar-refractivity contribution in [1.82, 2.24) is 5.32 Å². The van der Waals surface area contributed by atoms with E-state index in [9.17, 15) is 4.79 Å². The van der Waals surface area contributed by atoms with Crippen LogP contribution in [0.5, 0.6) is 5.75 Å². The second-order valence-electron chi connectivity index (χ2n) is 3.45. The Morgan fingerprint density at radius 2 is 2.19 bits per heavy atom. The first-order valence-electron chi connectivity index (χ1n) is 5.10. The molecule has 1 rings (SSSR count). The lowest BCUT2D eigenvalue weighted by atomic mass is 10.2. The van der Waals surface area contributed by atoms with Gasteiger partial charge in [0.1, 0.15) is 11.9 Å². The molecule has 4 nitrogen and oxygen atoms in total. The molecule has 0 aliphatic carbocycles. The van der Waals surface area contributed by atoms with E-state index in [1.807, 2.05) is 24.3 Å². The normalized spacial score (nSPS) is 11.9. The maximum absolute atomic E-state index is 11.4. The zero-order valence-electron chi connectivity index (χ0n) is 9.82. The van der Waals surface area contributed by atoms with Crippen LogP contribution in [0.25, 0.3) is 0 Å². The van der Waals surface area contributed by atoms with Crippen LogP contribution >= 0.6 is 0 Å². The molecule has 1 aromatic rings. The van der Waals surface area contributed by atoms with E-state index in [0.29, 0.717) is 6.54 Å². The first-order chi connectivity index (χ1) is 7.67. The fraction of sp³-hybridized carbons (Fsp3) is 0.417. The lowest BCUT2D eigenvalue weighted by molar-refractivity contribution is -0.130. The molecule has 1 atom stereocenters. The Balaban J connectivity index is 2.51. The summed E-state index contributed by atoms with van der Waals surface area (Å²) < 4.78 is 10.0. The van der Waals surface area contributed by atoms with E-state index >= 15 is 0 Å². The highest BCUT2D eigenvalue weighted by Crippen LogP contribution is 2.12. The highest BCUT2D eigenvalue weighted by Gasteiger charge is 2.10. The van der Waals surface area contributed by atoms with Crippen LogP contribution in [0.15, 0.2) is 24.3 Å². The van der Waals surface area contributed by atoms with Crippen molar-refractivity contribution in [3.8, 4) is 5.75 Å². The number of carbonyl (C=O) groups excluding carboxylic acids is 1. The molecule has 0 fully saturated rings. The number of amides is 1. The molecule has 0 bridgehead atoms. The van der Waals surface area contributed by atoms with E-state index in [0.717, 1.165) is 11.3 Å². The van der Waals surface area contributed by atoms with Gasteiger partial charge >= 0.3 is 0 Å². The van der Waals surface area contributed by atoms with Crippen LogP contribution in [-0.2, 0) is 16.1 Å². The summed E-state index contributed by atoms with van der Waals surface area (Å²) in [6.07, 6.45) is -0.425. The molecule has 0 saturated carbocycles. The minimum Gasteiger partial charge on any atom is -0.497 e. The predicted octanol–water partition coefficient (Wildman–Crippen LogP) is 1.35. The summed E-state index contributed by atoms with van der Waals surface area (Å²) in [5.74, 6) is 0.664. The first kappa shape index (κ1) is 12.5. The van der Waals surface area contributed by atoms with E-state index in [2.05, 4.69) is 5.32 Å².